The van der Waals surface area contributed by atoms with Crippen LogP contribution < -0.4 is 9.47 Å². The molecule has 0 bridgehead atoms. The van der Waals surface area contributed by atoms with Crippen molar-refractivity contribution >= 4 is 24.8 Å². The number of hydrogen-bond acceptors (Lipinski definition) is 4. The normalized spacial score (nSPS) is 12.4. The van der Waals surface area contributed by atoms with Gasteiger partial charge in [-0.3, -0.25) is 0 Å². The number of benzene rings is 3. The lowest BCUT2D eigenvalue weighted by molar-refractivity contribution is 0.0526. The third-order valence-electron chi connectivity index (χ3n) is 5.72. The number of methoxy groups -OCH3 is 2. The van der Waals surface area contributed by atoms with E-state index in [1.807, 2.05) is 24.3 Å². The molecule has 3 aromatic carbocycles. The number of carbonyl (C=O) groups excluding carboxylic acids is 1. The Morgan fingerprint density at radius 2 is 1.63 bits per heavy atom. The number of esters is 1. The van der Waals surface area contributed by atoms with Gasteiger partial charge >= 0.3 is 5.97 Å². The molecule has 0 heterocycles. The molecule has 0 saturated heterocycles. The molecular formula is C25H28O4Si. The van der Waals surface area contributed by atoms with E-state index in [1.165, 1.54) is 5.56 Å². The van der Waals surface area contributed by atoms with Crippen LogP contribution in [0.1, 0.15) is 21.5 Å². The van der Waals surface area contributed by atoms with Crippen molar-refractivity contribution in [2.24, 2.45) is 0 Å². The third-order valence-corrected chi connectivity index (χ3v) is 7.42. The monoisotopic (exact) mass is 420 g/mol. The van der Waals surface area contributed by atoms with Crippen molar-refractivity contribution in [3.8, 4) is 22.6 Å². The zero-order valence-electron chi connectivity index (χ0n) is 18.3. The van der Waals surface area contributed by atoms with E-state index in [0.717, 1.165) is 45.0 Å². The highest BCUT2D eigenvalue weighted by atomic mass is 28.3. The lowest BCUT2D eigenvalue weighted by Gasteiger charge is -2.17. The maximum atomic E-state index is 13.3. The van der Waals surface area contributed by atoms with Gasteiger partial charge in [-0.2, -0.15) is 0 Å². The van der Waals surface area contributed by atoms with Gasteiger partial charge in [0.05, 0.1) is 26.4 Å². The first-order valence-corrected chi connectivity index (χ1v) is 14.0. The molecule has 5 heteroatoms. The molecule has 0 saturated carbocycles. The highest BCUT2D eigenvalue weighted by Gasteiger charge is 2.28. The van der Waals surface area contributed by atoms with E-state index in [1.54, 1.807) is 14.2 Å². The standard InChI is InChI=1S/C25H28O4Si/c1-27-18-8-9-20-17(12-18)14-23-22(20)13-16-6-7-19(28-2)15-21(16)24(23)25(26)29-10-11-30(3,4)5/h6-9,12-13,15H,10-11,14H2,1-5H3. The first kappa shape index (κ1) is 20.5. The Bertz CT molecular complexity index is 1130. The molecule has 0 N–H and O–H groups in total. The number of ether oxygens (including phenoxy) is 3. The van der Waals surface area contributed by atoms with Gasteiger partial charge in [0.2, 0.25) is 0 Å². The smallest absolute Gasteiger partial charge is 0.339 e. The largest absolute Gasteiger partial charge is 0.497 e. The van der Waals surface area contributed by atoms with Gasteiger partial charge in [0, 0.05) is 13.5 Å². The molecule has 30 heavy (non-hydrogen) atoms. The molecule has 0 aliphatic heterocycles. The summed E-state index contributed by atoms with van der Waals surface area (Å²) < 4.78 is 16.6. The van der Waals surface area contributed by atoms with E-state index in [0.29, 0.717) is 18.6 Å². The van der Waals surface area contributed by atoms with Crippen LogP contribution in [0.4, 0.5) is 0 Å². The Morgan fingerprint density at radius 1 is 0.933 bits per heavy atom. The van der Waals surface area contributed by atoms with Crippen molar-refractivity contribution in [1.82, 2.24) is 0 Å². The van der Waals surface area contributed by atoms with Crippen LogP contribution in [0.2, 0.25) is 25.7 Å². The van der Waals surface area contributed by atoms with Crippen LogP contribution in [0.15, 0.2) is 42.5 Å². The number of fused-ring (bicyclic) bond motifs is 4. The van der Waals surface area contributed by atoms with E-state index >= 15 is 0 Å². The molecule has 156 valence electrons. The summed E-state index contributed by atoms with van der Waals surface area (Å²) >= 11 is 0. The number of hydrogen-bond donors (Lipinski definition) is 0. The molecule has 0 unspecified atom stereocenters. The van der Waals surface area contributed by atoms with Crippen LogP contribution in [-0.2, 0) is 11.2 Å². The van der Waals surface area contributed by atoms with E-state index in [4.69, 9.17) is 14.2 Å². The van der Waals surface area contributed by atoms with Gasteiger partial charge in [-0.15, -0.1) is 0 Å². The summed E-state index contributed by atoms with van der Waals surface area (Å²) in [7, 11) is 2.03. The minimum Gasteiger partial charge on any atom is -0.497 e. The molecule has 0 amide bonds. The van der Waals surface area contributed by atoms with E-state index in [-0.39, 0.29) is 5.97 Å². The van der Waals surface area contributed by atoms with Crippen molar-refractivity contribution in [2.75, 3.05) is 20.8 Å². The molecule has 4 nitrogen and oxygen atoms in total. The predicted molar refractivity (Wildman–Crippen MR) is 124 cm³/mol. The van der Waals surface area contributed by atoms with E-state index in [2.05, 4.69) is 37.8 Å². The summed E-state index contributed by atoms with van der Waals surface area (Å²) in [6.07, 6.45) is 0.688. The van der Waals surface area contributed by atoms with Crippen LogP contribution in [0.3, 0.4) is 0 Å². The second-order valence-electron chi connectivity index (χ2n) is 9.01. The molecule has 0 aromatic heterocycles. The molecule has 0 fully saturated rings. The van der Waals surface area contributed by atoms with Crippen molar-refractivity contribution in [3.05, 3.63) is 59.2 Å². The van der Waals surface area contributed by atoms with Crippen molar-refractivity contribution in [3.63, 3.8) is 0 Å². The summed E-state index contributed by atoms with van der Waals surface area (Å²) in [5, 5.41) is 1.89. The Kier molecular flexibility index (Phi) is 5.32. The van der Waals surface area contributed by atoms with Crippen molar-refractivity contribution < 1.29 is 19.0 Å². The zero-order valence-corrected chi connectivity index (χ0v) is 19.3. The summed E-state index contributed by atoms with van der Waals surface area (Å²) in [5.74, 6) is 1.31. The first-order valence-electron chi connectivity index (χ1n) is 10.3. The summed E-state index contributed by atoms with van der Waals surface area (Å²) in [6, 6.07) is 15.1. The molecule has 0 radical (unpaired) electrons. The summed E-state index contributed by atoms with van der Waals surface area (Å²) in [6.45, 7) is 7.31. The zero-order chi connectivity index (χ0) is 21.5. The fraction of sp³-hybridized carbons (Fsp3) is 0.320. The third kappa shape index (κ3) is 3.82. The molecule has 1 aliphatic carbocycles. The molecular weight excluding hydrogens is 392 g/mol. The Morgan fingerprint density at radius 3 is 2.33 bits per heavy atom. The lowest BCUT2D eigenvalue weighted by Crippen LogP contribution is -2.23. The van der Waals surface area contributed by atoms with E-state index < -0.39 is 8.07 Å². The fourth-order valence-electron chi connectivity index (χ4n) is 4.02. The van der Waals surface area contributed by atoms with Crippen molar-refractivity contribution in [2.45, 2.75) is 32.1 Å². The SMILES string of the molecule is COc1ccc2c(c1)Cc1c-2cc2ccc(OC)cc2c1C(=O)OCC[Si](C)(C)C. The van der Waals surface area contributed by atoms with Gasteiger partial charge < -0.3 is 14.2 Å². The molecule has 0 atom stereocenters. The highest BCUT2D eigenvalue weighted by molar-refractivity contribution is 6.76. The van der Waals surface area contributed by atoms with Crippen LogP contribution in [0, 0.1) is 0 Å². The number of rotatable bonds is 6. The molecule has 3 aromatic rings. The van der Waals surface area contributed by atoms with Gasteiger partial charge in [-0.1, -0.05) is 31.8 Å². The second-order valence-corrected chi connectivity index (χ2v) is 14.6. The average molecular weight is 421 g/mol. The van der Waals surface area contributed by atoms with Gasteiger partial charge in [0.25, 0.3) is 0 Å². The maximum Gasteiger partial charge on any atom is 0.339 e. The first-order chi connectivity index (χ1) is 14.3. The summed E-state index contributed by atoms with van der Waals surface area (Å²) in [5.41, 5.74) is 5.11. The Balaban J connectivity index is 1.83. The number of carbonyl (C=O) groups is 1. The average Bonchev–Trinajstić information content (AvgIpc) is 3.07. The quantitative estimate of drug-likeness (QED) is 0.287. The second kappa shape index (κ2) is 7.80. The minimum atomic E-state index is -1.29. The predicted octanol–water partition coefficient (Wildman–Crippen LogP) is 5.92. The fourth-order valence-corrected chi connectivity index (χ4v) is 4.73. The highest BCUT2D eigenvalue weighted by Crippen LogP contribution is 2.43. The van der Waals surface area contributed by atoms with Crippen LogP contribution in [0.25, 0.3) is 21.9 Å². The van der Waals surface area contributed by atoms with Crippen LogP contribution >= 0.6 is 0 Å². The van der Waals surface area contributed by atoms with E-state index in [9.17, 15) is 4.79 Å². The Hall–Kier alpha value is -2.79. The van der Waals surface area contributed by atoms with Crippen LogP contribution in [0.5, 0.6) is 11.5 Å². The van der Waals surface area contributed by atoms with Crippen molar-refractivity contribution in [1.29, 1.82) is 0 Å². The summed E-state index contributed by atoms with van der Waals surface area (Å²) in [4.78, 5) is 13.3. The lowest BCUT2D eigenvalue weighted by atomic mass is 9.94. The van der Waals surface area contributed by atoms with Gasteiger partial charge in [-0.25, -0.2) is 4.79 Å². The van der Waals surface area contributed by atoms with Gasteiger partial charge in [0.1, 0.15) is 11.5 Å². The van der Waals surface area contributed by atoms with Crippen LogP contribution in [-0.4, -0.2) is 34.9 Å². The molecule has 0 spiro atoms. The molecule has 4 rings (SSSR count). The maximum absolute atomic E-state index is 13.3. The minimum absolute atomic E-state index is 0.247. The molecule has 1 aliphatic rings. The Labute approximate surface area is 178 Å². The van der Waals surface area contributed by atoms with Gasteiger partial charge in [-0.05, 0) is 70.4 Å². The topological polar surface area (TPSA) is 44.8 Å². The van der Waals surface area contributed by atoms with Gasteiger partial charge in [0.15, 0.2) is 0 Å².